The van der Waals surface area contributed by atoms with E-state index in [4.69, 9.17) is 9.72 Å². The van der Waals surface area contributed by atoms with Crippen LogP contribution in [0.15, 0.2) is 24.3 Å². The number of imide groups is 1. The number of nitrogens with zero attached hydrogens (tertiary/aromatic N) is 1. The summed E-state index contributed by atoms with van der Waals surface area (Å²) in [6, 6.07) is 6.65. The quantitative estimate of drug-likeness (QED) is 0.714. The third kappa shape index (κ3) is 5.28. The predicted molar refractivity (Wildman–Crippen MR) is 107 cm³/mol. The van der Waals surface area contributed by atoms with E-state index in [1.807, 2.05) is 31.2 Å². The maximum absolute atomic E-state index is 12.8. The van der Waals surface area contributed by atoms with Gasteiger partial charge >= 0.3 is 12.0 Å². The van der Waals surface area contributed by atoms with E-state index in [1.54, 1.807) is 13.8 Å². The van der Waals surface area contributed by atoms with Gasteiger partial charge in [-0.05, 0) is 38.3 Å². The SMILES string of the molecule is CCCc1nc2ccccc2c(C(=O)OCC(=O)NC(=O)NC(C)C)c1CC. The van der Waals surface area contributed by atoms with E-state index in [0.717, 1.165) is 29.6 Å². The number of ether oxygens (including phenoxy) is 1. The number of esters is 1. The van der Waals surface area contributed by atoms with E-state index in [2.05, 4.69) is 17.6 Å². The Labute approximate surface area is 164 Å². The number of aryl methyl sites for hydroxylation is 1. The fourth-order valence-electron chi connectivity index (χ4n) is 3.02. The van der Waals surface area contributed by atoms with Gasteiger partial charge in [0.1, 0.15) is 0 Å². The molecule has 0 saturated carbocycles. The summed E-state index contributed by atoms with van der Waals surface area (Å²) in [4.78, 5) is 41.0. The van der Waals surface area contributed by atoms with E-state index in [0.29, 0.717) is 17.4 Å². The minimum Gasteiger partial charge on any atom is -0.452 e. The molecule has 1 aromatic carbocycles. The van der Waals surface area contributed by atoms with Crippen LogP contribution in [0.25, 0.3) is 10.9 Å². The molecule has 0 aliphatic rings. The molecule has 2 aromatic rings. The molecule has 0 radical (unpaired) electrons. The predicted octanol–water partition coefficient (Wildman–Crippen LogP) is 3.14. The van der Waals surface area contributed by atoms with Gasteiger partial charge in [0.15, 0.2) is 6.61 Å². The molecule has 2 N–H and O–H groups in total. The zero-order valence-corrected chi connectivity index (χ0v) is 16.8. The molecule has 1 heterocycles. The highest BCUT2D eigenvalue weighted by Gasteiger charge is 2.21. The first kappa shape index (κ1) is 21.3. The first-order valence-corrected chi connectivity index (χ1v) is 9.55. The Kier molecular flexibility index (Phi) is 7.49. The van der Waals surface area contributed by atoms with Crippen LogP contribution in [0.5, 0.6) is 0 Å². The molecular weight excluding hydrogens is 358 g/mol. The number of nitrogens with one attached hydrogen (secondary N) is 2. The molecule has 150 valence electrons. The van der Waals surface area contributed by atoms with Crippen molar-refractivity contribution in [1.29, 1.82) is 0 Å². The third-order valence-corrected chi connectivity index (χ3v) is 4.13. The number of amides is 3. The second-order valence-electron chi connectivity index (χ2n) is 6.79. The van der Waals surface area contributed by atoms with Crippen LogP contribution in [0.3, 0.4) is 0 Å². The van der Waals surface area contributed by atoms with Crippen molar-refractivity contribution < 1.29 is 19.1 Å². The maximum atomic E-state index is 12.8. The van der Waals surface area contributed by atoms with Gasteiger partial charge in [-0.1, -0.05) is 38.5 Å². The van der Waals surface area contributed by atoms with Crippen molar-refractivity contribution in [2.75, 3.05) is 6.61 Å². The number of fused-ring (bicyclic) bond motifs is 1. The lowest BCUT2D eigenvalue weighted by molar-refractivity contribution is -0.123. The van der Waals surface area contributed by atoms with Crippen LogP contribution in [0, 0.1) is 0 Å². The molecule has 0 spiro atoms. The van der Waals surface area contributed by atoms with Gasteiger partial charge in [-0.2, -0.15) is 0 Å². The van der Waals surface area contributed by atoms with Gasteiger partial charge in [-0.15, -0.1) is 0 Å². The molecule has 0 aliphatic carbocycles. The van der Waals surface area contributed by atoms with Gasteiger partial charge in [0.2, 0.25) is 0 Å². The molecule has 0 unspecified atom stereocenters. The minimum atomic E-state index is -0.684. The summed E-state index contributed by atoms with van der Waals surface area (Å²) in [6.07, 6.45) is 2.28. The Morgan fingerprint density at radius 3 is 2.50 bits per heavy atom. The van der Waals surface area contributed by atoms with Crippen molar-refractivity contribution in [2.24, 2.45) is 0 Å². The number of pyridine rings is 1. The smallest absolute Gasteiger partial charge is 0.339 e. The Morgan fingerprint density at radius 2 is 1.86 bits per heavy atom. The van der Waals surface area contributed by atoms with Gasteiger partial charge in [-0.25, -0.2) is 9.59 Å². The van der Waals surface area contributed by atoms with Gasteiger partial charge in [0.25, 0.3) is 5.91 Å². The highest BCUT2D eigenvalue weighted by atomic mass is 16.5. The summed E-state index contributed by atoms with van der Waals surface area (Å²) in [5.41, 5.74) is 2.87. The van der Waals surface area contributed by atoms with Crippen LogP contribution < -0.4 is 10.6 Å². The van der Waals surface area contributed by atoms with E-state index in [9.17, 15) is 14.4 Å². The Morgan fingerprint density at radius 1 is 1.14 bits per heavy atom. The van der Waals surface area contributed by atoms with Crippen molar-refractivity contribution in [1.82, 2.24) is 15.6 Å². The summed E-state index contributed by atoms with van der Waals surface area (Å²) < 4.78 is 5.22. The highest BCUT2D eigenvalue weighted by molar-refractivity contribution is 6.06. The first-order chi connectivity index (χ1) is 13.4. The lowest BCUT2D eigenvalue weighted by Crippen LogP contribution is -2.44. The molecule has 0 fully saturated rings. The highest BCUT2D eigenvalue weighted by Crippen LogP contribution is 2.26. The van der Waals surface area contributed by atoms with Crippen molar-refractivity contribution in [2.45, 2.75) is 53.0 Å². The van der Waals surface area contributed by atoms with Gasteiger partial charge in [0.05, 0.1) is 11.1 Å². The van der Waals surface area contributed by atoms with Crippen LogP contribution in [0.4, 0.5) is 4.79 Å². The fourth-order valence-corrected chi connectivity index (χ4v) is 3.02. The molecular formula is C21H27N3O4. The Hall–Kier alpha value is -2.96. The summed E-state index contributed by atoms with van der Waals surface area (Å²) >= 11 is 0. The standard InChI is InChI=1S/C21H27N3O4/c1-5-9-16-14(6-2)19(15-10-7-8-11-17(15)23-16)20(26)28-12-18(25)24-21(27)22-13(3)4/h7-8,10-11,13H,5-6,9,12H2,1-4H3,(H2,22,24,25,27). The topological polar surface area (TPSA) is 97.4 Å². The number of rotatable bonds is 7. The third-order valence-electron chi connectivity index (χ3n) is 4.13. The van der Waals surface area contributed by atoms with Crippen LogP contribution in [0.1, 0.15) is 55.7 Å². The second-order valence-corrected chi connectivity index (χ2v) is 6.79. The lowest BCUT2D eigenvalue weighted by atomic mass is 9.96. The van der Waals surface area contributed by atoms with E-state index < -0.39 is 24.5 Å². The Bertz CT molecular complexity index is 877. The summed E-state index contributed by atoms with van der Waals surface area (Å²) in [6.45, 7) is 7.04. The van der Waals surface area contributed by atoms with Crippen LogP contribution >= 0.6 is 0 Å². The first-order valence-electron chi connectivity index (χ1n) is 9.55. The van der Waals surface area contributed by atoms with Crippen LogP contribution in [-0.2, 0) is 22.4 Å². The molecule has 3 amide bonds. The molecule has 7 nitrogen and oxygen atoms in total. The number of benzene rings is 1. The summed E-state index contributed by atoms with van der Waals surface area (Å²) in [5, 5.41) is 5.37. The number of urea groups is 1. The van der Waals surface area contributed by atoms with Gasteiger partial charge in [-0.3, -0.25) is 15.1 Å². The van der Waals surface area contributed by atoms with Crippen molar-refractivity contribution in [3.05, 3.63) is 41.1 Å². The number of carbonyl (C=O) groups excluding carboxylic acids is 3. The maximum Gasteiger partial charge on any atom is 0.339 e. The molecule has 1 aromatic heterocycles. The van der Waals surface area contributed by atoms with Crippen LogP contribution in [-0.4, -0.2) is 35.5 Å². The zero-order valence-electron chi connectivity index (χ0n) is 16.8. The summed E-state index contributed by atoms with van der Waals surface area (Å²) in [5.74, 6) is -1.27. The average molecular weight is 385 g/mol. The monoisotopic (exact) mass is 385 g/mol. The molecule has 7 heteroatoms. The van der Waals surface area contributed by atoms with E-state index in [-0.39, 0.29) is 6.04 Å². The normalized spacial score (nSPS) is 10.8. The Balaban J connectivity index is 2.24. The molecule has 28 heavy (non-hydrogen) atoms. The number of aromatic nitrogens is 1. The second kappa shape index (κ2) is 9.82. The largest absolute Gasteiger partial charge is 0.452 e. The number of hydrogen-bond donors (Lipinski definition) is 2. The zero-order chi connectivity index (χ0) is 20.7. The molecule has 0 bridgehead atoms. The molecule has 0 aliphatic heterocycles. The minimum absolute atomic E-state index is 0.109. The number of carbonyl (C=O) groups is 3. The molecule has 0 atom stereocenters. The number of hydrogen-bond acceptors (Lipinski definition) is 5. The van der Waals surface area contributed by atoms with Crippen molar-refractivity contribution >= 4 is 28.8 Å². The van der Waals surface area contributed by atoms with Crippen LogP contribution in [0.2, 0.25) is 0 Å². The van der Waals surface area contributed by atoms with E-state index in [1.165, 1.54) is 0 Å². The van der Waals surface area contributed by atoms with Gasteiger partial charge < -0.3 is 10.1 Å². The average Bonchev–Trinajstić information content (AvgIpc) is 2.64. The van der Waals surface area contributed by atoms with Crippen molar-refractivity contribution in [3.63, 3.8) is 0 Å². The molecule has 0 saturated heterocycles. The summed E-state index contributed by atoms with van der Waals surface area (Å²) in [7, 11) is 0. The van der Waals surface area contributed by atoms with E-state index >= 15 is 0 Å². The lowest BCUT2D eigenvalue weighted by Gasteiger charge is -2.15. The fraction of sp³-hybridized carbons (Fsp3) is 0.429. The van der Waals surface area contributed by atoms with Gasteiger partial charge in [0, 0.05) is 17.1 Å². The van der Waals surface area contributed by atoms with Crippen molar-refractivity contribution in [3.8, 4) is 0 Å². The molecule has 2 rings (SSSR count). The number of para-hydroxylation sites is 1.